The van der Waals surface area contributed by atoms with Crippen molar-refractivity contribution in [3.05, 3.63) is 60.2 Å². The maximum absolute atomic E-state index is 12.8. The Balaban J connectivity index is 1.39. The first-order chi connectivity index (χ1) is 13.4. The van der Waals surface area contributed by atoms with Crippen molar-refractivity contribution in [2.45, 2.75) is 30.3 Å². The molecular weight excluding hydrogens is 376 g/mol. The molecule has 28 heavy (non-hydrogen) atoms. The van der Waals surface area contributed by atoms with Gasteiger partial charge in [-0.3, -0.25) is 4.79 Å². The molecule has 0 atom stereocenters. The summed E-state index contributed by atoms with van der Waals surface area (Å²) < 4.78 is 32.4. The van der Waals surface area contributed by atoms with E-state index in [1.807, 2.05) is 42.1 Å². The number of amides is 1. The molecule has 6 nitrogen and oxygen atoms in total. The molecule has 0 radical (unpaired) electrons. The topological polar surface area (TPSA) is 72.5 Å². The molecule has 1 aliphatic heterocycles. The van der Waals surface area contributed by atoms with E-state index in [1.54, 1.807) is 17.0 Å². The third kappa shape index (κ3) is 3.71. The fourth-order valence-electron chi connectivity index (χ4n) is 4.02. The molecule has 0 N–H and O–H groups in total. The number of para-hydroxylation sites is 1. The van der Waals surface area contributed by atoms with Gasteiger partial charge in [0.1, 0.15) is 11.5 Å². The van der Waals surface area contributed by atoms with Crippen LogP contribution in [0.1, 0.15) is 24.2 Å². The van der Waals surface area contributed by atoms with Crippen LogP contribution in [0, 0.1) is 0 Å². The van der Waals surface area contributed by atoms with Crippen LogP contribution in [0.2, 0.25) is 0 Å². The highest BCUT2D eigenvalue weighted by molar-refractivity contribution is 7.91. The van der Waals surface area contributed by atoms with E-state index < -0.39 is 15.1 Å². The molecule has 1 amide bonds. The Morgan fingerprint density at radius 2 is 1.89 bits per heavy atom. The van der Waals surface area contributed by atoms with Gasteiger partial charge < -0.3 is 13.9 Å². The molecule has 3 aromatic rings. The van der Waals surface area contributed by atoms with Gasteiger partial charge in [-0.15, -0.1) is 0 Å². The number of hydrogen-bond donors (Lipinski definition) is 0. The van der Waals surface area contributed by atoms with Gasteiger partial charge in [0.2, 0.25) is 5.91 Å². The predicted octanol–water partition coefficient (Wildman–Crippen LogP) is 2.92. The summed E-state index contributed by atoms with van der Waals surface area (Å²) in [5, 5.41) is 0.675. The van der Waals surface area contributed by atoms with Crippen molar-refractivity contribution in [3.8, 4) is 0 Å². The van der Waals surface area contributed by atoms with Crippen LogP contribution in [0.3, 0.4) is 0 Å². The molecule has 4 rings (SSSR count). The number of sulfone groups is 1. The number of fused-ring (bicyclic) bond motifs is 1. The highest BCUT2D eigenvalue weighted by atomic mass is 32.2. The molecule has 1 aromatic carbocycles. The molecule has 0 saturated carbocycles. The molecule has 2 aromatic heterocycles. The quantitative estimate of drug-likeness (QED) is 0.660. The number of aryl methyl sites for hydroxylation is 1. The van der Waals surface area contributed by atoms with Gasteiger partial charge in [0, 0.05) is 37.2 Å². The number of hydrogen-bond acceptors (Lipinski definition) is 4. The van der Waals surface area contributed by atoms with Crippen LogP contribution in [-0.2, 0) is 33.9 Å². The van der Waals surface area contributed by atoms with Crippen molar-refractivity contribution in [2.75, 3.05) is 13.1 Å². The Hall–Kier alpha value is -2.54. The first-order valence-corrected chi connectivity index (χ1v) is 11.2. The molecule has 1 saturated heterocycles. The molecule has 3 heterocycles. The van der Waals surface area contributed by atoms with Gasteiger partial charge in [-0.25, -0.2) is 8.42 Å². The van der Waals surface area contributed by atoms with Gasteiger partial charge >= 0.3 is 0 Å². The summed E-state index contributed by atoms with van der Waals surface area (Å²) in [6, 6.07) is 11.4. The number of benzene rings is 1. The third-order valence-corrected chi connectivity index (χ3v) is 7.72. The van der Waals surface area contributed by atoms with Crippen molar-refractivity contribution in [1.29, 1.82) is 0 Å². The van der Waals surface area contributed by atoms with Crippen LogP contribution < -0.4 is 0 Å². The number of aromatic nitrogens is 1. The third-order valence-electron chi connectivity index (χ3n) is 5.55. The van der Waals surface area contributed by atoms with Crippen LogP contribution >= 0.6 is 0 Å². The Morgan fingerprint density at radius 3 is 2.61 bits per heavy atom. The fourth-order valence-corrected chi connectivity index (χ4v) is 5.74. The normalized spacial score (nSPS) is 16.0. The molecule has 148 valence electrons. The smallest absolute Gasteiger partial charge is 0.227 e. The summed E-state index contributed by atoms with van der Waals surface area (Å²) in [7, 11) is -1.30. The van der Waals surface area contributed by atoms with Gasteiger partial charge in [0.25, 0.3) is 0 Å². The van der Waals surface area contributed by atoms with E-state index in [0.29, 0.717) is 38.1 Å². The molecule has 7 heteroatoms. The van der Waals surface area contributed by atoms with E-state index in [1.165, 1.54) is 6.26 Å². The fraction of sp³-hybridized carbons (Fsp3) is 0.381. The monoisotopic (exact) mass is 400 g/mol. The zero-order valence-electron chi connectivity index (χ0n) is 15.9. The largest absolute Gasteiger partial charge is 0.468 e. The molecule has 0 unspecified atom stereocenters. The molecular formula is C21H24N2O4S. The molecule has 1 aliphatic rings. The van der Waals surface area contributed by atoms with Crippen LogP contribution in [0.5, 0.6) is 0 Å². The Morgan fingerprint density at radius 1 is 1.14 bits per heavy atom. The molecule has 0 spiro atoms. The average Bonchev–Trinajstić information content (AvgIpc) is 3.30. The van der Waals surface area contributed by atoms with Crippen molar-refractivity contribution in [1.82, 2.24) is 9.47 Å². The number of nitrogens with zero attached hydrogens (tertiary/aromatic N) is 2. The minimum absolute atomic E-state index is 0.0539. The minimum atomic E-state index is -3.27. The van der Waals surface area contributed by atoms with Crippen LogP contribution in [0.25, 0.3) is 10.9 Å². The second-order valence-corrected chi connectivity index (χ2v) is 9.71. The zero-order chi connectivity index (χ0) is 19.7. The van der Waals surface area contributed by atoms with Gasteiger partial charge in [-0.05, 0) is 36.6 Å². The van der Waals surface area contributed by atoms with Crippen LogP contribution in [-0.4, -0.2) is 42.1 Å². The second kappa shape index (κ2) is 7.47. The van der Waals surface area contributed by atoms with Crippen molar-refractivity contribution >= 4 is 26.6 Å². The van der Waals surface area contributed by atoms with E-state index in [9.17, 15) is 13.2 Å². The Kier molecular flexibility index (Phi) is 5.02. The lowest BCUT2D eigenvalue weighted by atomic mass is 10.1. The number of piperidine rings is 1. The maximum atomic E-state index is 12.8. The number of carbonyl (C=O) groups is 1. The summed E-state index contributed by atoms with van der Waals surface area (Å²) in [4.78, 5) is 14.6. The summed E-state index contributed by atoms with van der Waals surface area (Å²) in [5.41, 5.74) is 2.11. The van der Waals surface area contributed by atoms with E-state index in [4.69, 9.17) is 4.42 Å². The number of carbonyl (C=O) groups excluding carboxylic acids is 1. The summed E-state index contributed by atoms with van der Waals surface area (Å²) >= 11 is 0. The maximum Gasteiger partial charge on any atom is 0.227 e. The zero-order valence-corrected chi connectivity index (χ0v) is 16.7. The first kappa shape index (κ1) is 18.8. The van der Waals surface area contributed by atoms with Gasteiger partial charge in [0.05, 0.1) is 17.9 Å². The van der Waals surface area contributed by atoms with E-state index >= 15 is 0 Å². The minimum Gasteiger partial charge on any atom is -0.468 e. The SMILES string of the molecule is Cn1cc(CC(=O)N2CCC(S(=O)(=O)Cc3ccco3)CC2)c2ccccc21. The van der Waals surface area contributed by atoms with E-state index in [-0.39, 0.29) is 11.7 Å². The number of furan rings is 1. The highest BCUT2D eigenvalue weighted by Gasteiger charge is 2.32. The van der Waals surface area contributed by atoms with Gasteiger partial charge in [-0.2, -0.15) is 0 Å². The van der Waals surface area contributed by atoms with Gasteiger partial charge in [-0.1, -0.05) is 18.2 Å². The lowest BCUT2D eigenvalue weighted by Crippen LogP contribution is -2.43. The highest BCUT2D eigenvalue weighted by Crippen LogP contribution is 2.24. The Bertz CT molecular complexity index is 1080. The van der Waals surface area contributed by atoms with E-state index in [2.05, 4.69) is 0 Å². The van der Waals surface area contributed by atoms with Crippen molar-refractivity contribution in [2.24, 2.45) is 7.05 Å². The van der Waals surface area contributed by atoms with Crippen LogP contribution in [0.15, 0.2) is 53.3 Å². The summed E-state index contributed by atoms with van der Waals surface area (Å²) in [6.45, 7) is 0.956. The summed E-state index contributed by atoms with van der Waals surface area (Å²) in [6.07, 6.45) is 4.78. The Labute approximate surface area is 164 Å². The summed E-state index contributed by atoms with van der Waals surface area (Å²) in [5.74, 6) is 0.446. The second-order valence-electron chi connectivity index (χ2n) is 7.43. The van der Waals surface area contributed by atoms with Crippen molar-refractivity contribution in [3.63, 3.8) is 0 Å². The molecule has 0 bridgehead atoms. The van der Waals surface area contributed by atoms with Crippen molar-refractivity contribution < 1.29 is 17.6 Å². The van der Waals surface area contributed by atoms with E-state index in [0.717, 1.165) is 16.5 Å². The number of likely N-dealkylation sites (tertiary alicyclic amines) is 1. The van der Waals surface area contributed by atoms with Crippen LogP contribution in [0.4, 0.5) is 0 Å². The average molecular weight is 401 g/mol. The lowest BCUT2D eigenvalue weighted by Gasteiger charge is -2.31. The first-order valence-electron chi connectivity index (χ1n) is 9.49. The molecule has 0 aliphatic carbocycles. The standard InChI is InChI=1S/C21H24N2O4S/c1-22-14-16(19-6-2-3-7-20(19)22)13-21(24)23-10-8-18(9-11-23)28(25,26)15-17-5-4-12-27-17/h2-7,12,14,18H,8-11,13,15H2,1H3. The number of rotatable bonds is 5. The molecule has 1 fully saturated rings. The van der Waals surface area contributed by atoms with Gasteiger partial charge in [0.15, 0.2) is 9.84 Å². The predicted molar refractivity (Wildman–Crippen MR) is 108 cm³/mol. The lowest BCUT2D eigenvalue weighted by molar-refractivity contribution is -0.131.